The van der Waals surface area contributed by atoms with E-state index in [1.165, 1.54) is 6.07 Å². The number of hydrogen-bond acceptors (Lipinski definition) is 2. The van der Waals surface area contributed by atoms with Crippen LogP contribution in [0.25, 0.3) is 0 Å². The van der Waals surface area contributed by atoms with E-state index in [9.17, 15) is 14.0 Å². The highest BCUT2D eigenvalue weighted by Gasteiger charge is 2.37. The first-order valence-corrected chi connectivity index (χ1v) is 7.95. The summed E-state index contributed by atoms with van der Waals surface area (Å²) in [5.41, 5.74) is 1.58. The molecule has 1 aromatic carbocycles. The van der Waals surface area contributed by atoms with E-state index < -0.39 is 0 Å². The largest absolute Gasteiger partial charge is 0.357 e. The maximum absolute atomic E-state index is 13.3. The van der Waals surface area contributed by atoms with Gasteiger partial charge >= 0.3 is 0 Å². The van der Waals surface area contributed by atoms with Crippen molar-refractivity contribution >= 4 is 17.5 Å². The van der Waals surface area contributed by atoms with E-state index in [-0.39, 0.29) is 29.5 Å². The average Bonchev–Trinajstić information content (AvgIpc) is 3.20. The van der Waals surface area contributed by atoms with Gasteiger partial charge in [0.1, 0.15) is 11.5 Å². The Balaban J connectivity index is 1.67. The molecule has 1 saturated heterocycles. The summed E-state index contributed by atoms with van der Waals surface area (Å²) < 4.78 is 13.3. The fraction of sp³-hybridized carbons (Fsp3) is 0.333. The third-order valence-corrected chi connectivity index (χ3v) is 4.49. The fourth-order valence-electron chi connectivity index (χ4n) is 3.07. The van der Waals surface area contributed by atoms with Gasteiger partial charge in [-0.25, -0.2) is 4.39 Å². The Labute approximate surface area is 139 Å². The molecule has 2 amide bonds. The summed E-state index contributed by atoms with van der Waals surface area (Å²) in [6.45, 7) is 4.53. The minimum Gasteiger partial charge on any atom is -0.357 e. The number of hydrogen-bond donors (Lipinski definition) is 2. The van der Waals surface area contributed by atoms with Gasteiger partial charge in [-0.3, -0.25) is 9.59 Å². The number of aromatic nitrogens is 1. The van der Waals surface area contributed by atoms with E-state index in [1.54, 1.807) is 42.3 Å². The van der Waals surface area contributed by atoms with Crippen LogP contribution in [-0.4, -0.2) is 34.8 Å². The number of nitrogens with zero attached hydrogens (tertiary/aromatic N) is 1. The van der Waals surface area contributed by atoms with Gasteiger partial charge in [-0.2, -0.15) is 0 Å². The first kappa shape index (κ1) is 16.2. The molecule has 6 heteroatoms. The third-order valence-electron chi connectivity index (χ3n) is 4.49. The number of carbonyl (C=O) groups excluding carboxylic acids is 2. The van der Waals surface area contributed by atoms with Crippen LogP contribution in [-0.2, 0) is 4.79 Å². The van der Waals surface area contributed by atoms with Crippen LogP contribution < -0.4 is 5.32 Å². The SMILES string of the molecule is Cc1cc(NC(=O)C2CN(C(=O)c3ccc[nH]3)CC2C)ccc1F. The molecule has 1 fully saturated rings. The summed E-state index contributed by atoms with van der Waals surface area (Å²) in [4.78, 5) is 29.5. The molecule has 5 nitrogen and oxygen atoms in total. The lowest BCUT2D eigenvalue weighted by atomic mass is 9.97. The Bertz CT molecular complexity index is 758. The highest BCUT2D eigenvalue weighted by Crippen LogP contribution is 2.26. The lowest BCUT2D eigenvalue weighted by Crippen LogP contribution is -2.31. The van der Waals surface area contributed by atoms with Gasteiger partial charge in [0, 0.05) is 25.0 Å². The molecule has 0 saturated carbocycles. The summed E-state index contributed by atoms with van der Waals surface area (Å²) in [5, 5.41) is 2.83. The third kappa shape index (κ3) is 3.18. The van der Waals surface area contributed by atoms with Crippen molar-refractivity contribution in [2.24, 2.45) is 11.8 Å². The monoisotopic (exact) mass is 329 g/mol. The normalized spacial score (nSPS) is 20.2. The molecule has 0 radical (unpaired) electrons. The van der Waals surface area contributed by atoms with Gasteiger partial charge in [-0.05, 0) is 48.7 Å². The van der Waals surface area contributed by atoms with Crippen molar-refractivity contribution in [1.29, 1.82) is 0 Å². The Morgan fingerprint density at radius 3 is 2.75 bits per heavy atom. The lowest BCUT2D eigenvalue weighted by molar-refractivity contribution is -0.120. The smallest absolute Gasteiger partial charge is 0.270 e. The molecule has 1 aliphatic rings. The Morgan fingerprint density at radius 2 is 2.08 bits per heavy atom. The first-order valence-electron chi connectivity index (χ1n) is 7.95. The molecule has 2 atom stereocenters. The number of benzene rings is 1. The number of carbonyl (C=O) groups is 2. The minimum atomic E-state index is -0.301. The van der Waals surface area contributed by atoms with E-state index in [2.05, 4.69) is 10.3 Å². The van der Waals surface area contributed by atoms with E-state index in [0.717, 1.165) is 0 Å². The van der Waals surface area contributed by atoms with Crippen molar-refractivity contribution < 1.29 is 14.0 Å². The first-order chi connectivity index (χ1) is 11.5. The van der Waals surface area contributed by atoms with Crippen molar-refractivity contribution in [3.05, 3.63) is 53.6 Å². The van der Waals surface area contributed by atoms with Gasteiger partial charge in [0.05, 0.1) is 5.92 Å². The van der Waals surface area contributed by atoms with Crippen LogP contribution in [0.15, 0.2) is 36.5 Å². The molecule has 2 heterocycles. The zero-order valence-corrected chi connectivity index (χ0v) is 13.7. The number of rotatable bonds is 3. The highest BCUT2D eigenvalue weighted by molar-refractivity contribution is 5.96. The van der Waals surface area contributed by atoms with Gasteiger partial charge < -0.3 is 15.2 Å². The number of halogens is 1. The molecule has 1 aliphatic heterocycles. The summed E-state index contributed by atoms with van der Waals surface area (Å²) >= 11 is 0. The molecular weight excluding hydrogens is 309 g/mol. The number of aryl methyl sites for hydroxylation is 1. The van der Waals surface area contributed by atoms with Crippen molar-refractivity contribution in [3.63, 3.8) is 0 Å². The van der Waals surface area contributed by atoms with E-state index in [1.807, 2.05) is 6.92 Å². The quantitative estimate of drug-likeness (QED) is 0.909. The van der Waals surface area contributed by atoms with Crippen molar-refractivity contribution in [3.8, 4) is 0 Å². The maximum atomic E-state index is 13.3. The Kier molecular flexibility index (Phi) is 4.38. The summed E-state index contributed by atoms with van der Waals surface area (Å²) in [7, 11) is 0. The van der Waals surface area contributed by atoms with Gasteiger partial charge in [0.2, 0.25) is 5.91 Å². The summed E-state index contributed by atoms with van der Waals surface area (Å²) in [5.74, 6) is -0.764. The maximum Gasteiger partial charge on any atom is 0.270 e. The molecule has 2 N–H and O–H groups in total. The standard InChI is InChI=1S/C18H20FN3O2/c1-11-8-13(5-6-15(11)19)21-17(23)14-10-22(9-12(14)2)18(24)16-4-3-7-20-16/h3-8,12,14,20H,9-10H2,1-2H3,(H,21,23). The number of aromatic amines is 1. The second-order valence-corrected chi connectivity index (χ2v) is 6.33. The lowest BCUT2D eigenvalue weighted by Gasteiger charge is -2.16. The molecule has 24 heavy (non-hydrogen) atoms. The van der Waals surface area contributed by atoms with Crippen molar-refractivity contribution in [2.45, 2.75) is 13.8 Å². The number of amides is 2. The Hall–Kier alpha value is -2.63. The van der Waals surface area contributed by atoms with Crippen LogP contribution >= 0.6 is 0 Å². The van der Waals surface area contributed by atoms with E-state index in [0.29, 0.717) is 30.0 Å². The number of nitrogens with one attached hydrogen (secondary N) is 2. The van der Waals surface area contributed by atoms with Crippen LogP contribution in [0.3, 0.4) is 0 Å². The van der Waals surface area contributed by atoms with Gasteiger partial charge in [-0.1, -0.05) is 6.92 Å². The number of likely N-dealkylation sites (tertiary alicyclic amines) is 1. The van der Waals surface area contributed by atoms with Crippen LogP contribution in [0.2, 0.25) is 0 Å². The van der Waals surface area contributed by atoms with Crippen molar-refractivity contribution in [2.75, 3.05) is 18.4 Å². The van der Waals surface area contributed by atoms with Crippen LogP contribution in [0.1, 0.15) is 23.0 Å². The van der Waals surface area contributed by atoms with Gasteiger partial charge in [-0.15, -0.1) is 0 Å². The molecule has 0 bridgehead atoms. The zero-order chi connectivity index (χ0) is 17.3. The molecule has 0 spiro atoms. The number of anilines is 1. The minimum absolute atomic E-state index is 0.0606. The Morgan fingerprint density at radius 1 is 1.29 bits per heavy atom. The highest BCUT2D eigenvalue weighted by atomic mass is 19.1. The van der Waals surface area contributed by atoms with Gasteiger partial charge in [0.15, 0.2) is 0 Å². The van der Waals surface area contributed by atoms with Crippen molar-refractivity contribution in [1.82, 2.24) is 9.88 Å². The molecule has 1 aromatic heterocycles. The second kappa shape index (κ2) is 6.47. The van der Waals surface area contributed by atoms with E-state index >= 15 is 0 Å². The molecule has 3 rings (SSSR count). The average molecular weight is 329 g/mol. The van der Waals surface area contributed by atoms with Crippen LogP contribution in [0.4, 0.5) is 10.1 Å². The number of H-pyrrole nitrogens is 1. The second-order valence-electron chi connectivity index (χ2n) is 6.33. The zero-order valence-electron chi connectivity index (χ0n) is 13.7. The van der Waals surface area contributed by atoms with Crippen LogP contribution in [0, 0.1) is 24.6 Å². The van der Waals surface area contributed by atoms with E-state index in [4.69, 9.17) is 0 Å². The summed E-state index contributed by atoms with van der Waals surface area (Å²) in [6, 6.07) is 7.98. The molecule has 0 aliphatic carbocycles. The molecule has 2 aromatic rings. The predicted octanol–water partition coefficient (Wildman–Crippen LogP) is 2.81. The summed E-state index contributed by atoms with van der Waals surface area (Å²) in [6.07, 6.45) is 1.70. The predicted molar refractivity (Wildman–Crippen MR) is 89.1 cm³/mol. The molecular formula is C18H20FN3O2. The topological polar surface area (TPSA) is 65.2 Å². The molecule has 126 valence electrons. The fourth-order valence-corrected chi connectivity index (χ4v) is 3.07. The van der Waals surface area contributed by atoms with Gasteiger partial charge in [0.25, 0.3) is 5.91 Å². The molecule has 2 unspecified atom stereocenters. The van der Waals surface area contributed by atoms with Crippen LogP contribution in [0.5, 0.6) is 0 Å².